The van der Waals surface area contributed by atoms with E-state index in [2.05, 4.69) is 34.2 Å². The highest BCUT2D eigenvalue weighted by molar-refractivity contribution is 5.83. The van der Waals surface area contributed by atoms with Crippen LogP contribution in [0.3, 0.4) is 0 Å². The largest absolute Gasteiger partial charge is 0.384 e. The lowest BCUT2D eigenvalue weighted by atomic mass is 10.0. The number of nitrogens with one attached hydrogen (secondary N) is 1. The summed E-state index contributed by atoms with van der Waals surface area (Å²) in [6, 6.07) is 14.1. The van der Waals surface area contributed by atoms with Gasteiger partial charge in [0.2, 0.25) is 0 Å². The van der Waals surface area contributed by atoms with Gasteiger partial charge >= 0.3 is 0 Å². The predicted molar refractivity (Wildman–Crippen MR) is 83.4 cm³/mol. The van der Waals surface area contributed by atoms with Crippen molar-refractivity contribution in [3.63, 3.8) is 0 Å². The van der Waals surface area contributed by atoms with Gasteiger partial charge in [-0.2, -0.15) is 0 Å². The molecule has 0 aliphatic heterocycles. The second-order valence-electron chi connectivity index (χ2n) is 4.90. The first kappa shape index (κ1) is 13.5. The van der Waals surface area contributed by atoms with Gasteiger partial charge in [0, 0.05) is 7.11 Å². The second-order valence-corrected chi connectivity index (χ2v) is 4.90. The molecule has 1 aromatic heterocycles. The fourth-order valence-electron chi connectivity index (χ4n) is 2.33. The van der Waals surface area contributed by atoms with Crippen molar-refractivity contribution < 1.29 is 4.74 Å². The Morgan fingerprint density at radius 2 is 1.86 bits per heavy atom. The zero-order chi connectivity index (χ0) is 14.7. The lowest BCUT2D eigenvalue weighted by molar-refractivity contribution is 0.202. The quantitative estimate of drug-likeness (QED) is 0.799. The molecule has 0 fully saturated rings. The maximum absolute atomic E-state index is 11.8. The SMILES string of the molecule is COCCc1ccc(-c2ccc3nc[nH]c(=O)c3c2)cc1. The molecule has 0 amide bonds. The van der Waals surface area contributed by atoms with Crippen LogP contribution in [0, 0.1) is 0 Å². The van der Waals surface area contributed by atoms with E-state index in [9.17, 15) is 4.79 Å². The summed E-state index contributed by atoms with van der Waals surface area (Å²) in [5.41, 5.74) is 3.93. The van der Waals surface area contributed by atoms with Crippen LogP contribution in [0.15, 0.2) is 53.6 Å². The Bertz CT molecular complexity index is 807. The normalized spacial score (nSPS) is 10.9. The number of benzene rings is 2. The van der Waals surface area contributed by atoms with E-state index >= 15 is 0 Å². The number of methoxy groups -OCH3 is 1. The van der Waals surface area contributed by atoms with Gasteiger partial charge in [-0.25, -0.2) is 4.98 Å². The summed E-state index contributed by atoms with van der Waals surface area (Å²) >= 11 is 0. The van der Waals surface area contributed by atoms with E-state index in [0.29, 0.717) is 10.9 Å². The van der Waals surface area contributed by atoms with Gasteiger partial charge in [-0.1, -0.05) is 30.3 Å². The standard InChI is InChI=1S/C17H16N2O2/c1-21-9-8-12-2-4-13(5-3-12)14-6-7-16-15(10-14)17(20)19-11-18-16/h2-7,10-11H,8-9H2,1H3,(H,18,19,20). The van der Waals surface area contributed by atoms with Crippen LogP contribution in [0.2, 0.25) is 0 Å². The van der Waals surface area contributed by atoms with Crippen LogP contribution in [0.5, 0.6) is 0 Å². The van der Waals surface area contributed by atoms with Crippen molar-refractivity contribution in [3.05, 3.63) is 64.7 Å². The Morgan fingerprint density at radius 3 is 2.62 bits per heavy atom. The van der Waals surface area contributed by atoms with Gasteiger partial charge in [-0.3, -0.25) is 4.79 Å². The van der Waals surface area contributed by atoms with Crippen molar-refractivity contribution in [2.45, 2.75) is 6.42 Å². The molecule has 0 atom stereocenters. The highest BCUT2D eigenvalue weighted by Gasteiger charge is 2.03. The molecule has 0 radical (unpaired) electrons. The van der Waals surface area contributed by atoms with Crippen molar-refractivity contribution in [2.24, 2.45) is 0 Å². The number of hydrogen-bond acceptors (Lipinski definition) is 3. The smallest absolute Gasteiger partial charge is 0.258 e. The molecule has 1 N–H and O–H groups in total. The number of nitrogens with zero attached hydrogens (tertiary/aromatic N) is 1. The van der Waals surface area contributed by atoms with Gasteiger partial charge in [0.25, 0.3) is 5.56 Å². The second kappa shape index (κ2) is 5.89. The predicted octanol–water partition coefficient (Wildman–Crippen LogP) is 2.78. The van der Waals surface area contributed by atoms with Crippen molar-refractivity contribution in [2.75, 3.05) is 13.7 Å². The maximum atomic E-state index is 11.8. The number of H-pyrrole nitrogens is 1. The molecule has 4 heteroatoms. The number of rotatable bonds is 4. The fraction of sp³-hybridized carbons (Fsp3) is 0.176. The van der Waals surface area contributed by atoms with E-state index in [4.69, 9.17) is 4.74 Å². The van der Waals surface area contributed by atoms with E-state index in [0.717, 1.165) is 24.2 Å². The molecule has 0 saturated heterocycles. The molecule has 1 heterocycles. The van der Waals surface area contributed by atoms with Gasteiger partial charge < -0.3 is 9.72 Å². The minimum atomic E-state index is -0.112. The molecule has 0 unspecified atom stereocenters. The zero-order valence-corrected chi connectivity index (χ0v) is 11.8. The minimum Gasteiger partial charge on any atom is -0.384 e. The van der Waals surface area contributed by atoms with Crippen LogP contribution >= 0.6 is 0 Å². The van der Waals surface area contributed by atoms with E-state index in [1.165, 1.54) is 11.9 Å². The molecule has 2 aromatic carbocycles. The molecule has 106 valence electrons. The van der Waals surface area contributed by atoms with Gasteiger partial charge in [0.15, 0.2) is 0 Å². The molecule has 0 bridgehead atoms. The van der Waals surface area contributed by atoms with E-state index in [1.807, 2.05) is 18.2 Å². The van der Waals surface area contributed by atoms with Crippen molar-refractivity contribution in [3.8, 4) is 11.1 Å². The Hall–Kier alpha value is -2.46. The summed E-state index contributed by atoms with van der Waals surface area (Å²) in [6.45, 7) is 0.719. The number of aromatic amines is 1. The average Bonchev–Trinajstić information content (AvgIpc) is 2.54. The summed E-state index contributed by atoms with van der Waals surface area (Å²) in [6.07, 6.45) is 2.33. The average molecular weight is 280 g/mol. The number of hydrogen-bond donors (Lipinski definition) is 1. The molecule has 3 rings (SSSR count). The fourth-order valence-corrected chi connectivity index (χ4v) is 2.33. The number of fused-ring (bicyclic) bond motifs is 1. The Morgan fingerprint density at radius 1 is 1.10 bits per heavy atom. The molecule has 0 spiro atoms. The molecule has 0 saturated carbocycles. The Kier molecular flexibility index (Phi) is 3.79. The maximum Gasteiger partial charge on any atom is 0.258 e. The molecule has 0 aliphatic carbocycles. The third-order valence-electron chi connectivity index (χ3n) is 3.52. The van der Waals surface area contributed by atoms with Crippen LogP contribution in [0.25, 0.3) is 22.0 Å². The number of ether oxygens (including phenoxy) is 1. The van der Waals surface area contributed by atoms with Crippen molar-refractivity contribution >= 4 is 10.9 Å². The van der Waals surface area contributed by atoms with Crippen LogP contribution in [0.4, 0.5) is 0 Å². The number of aromatic nitrogens is 2. The third-order valence-corrected chi connectivity index (χ3v) is 3.52. The summed E-state index contributed by atoms with van der Waals surface area (Å²) in [5, 5.41) is 0.610. The van der Waals surface area contributed by atoms with Crippen LogP contribution in [0.1, 0.15) is 5.56 Å². The summed E-state index contributed by atoms with van der Waals surface area (Å²) in [4.78, 5) is 18.6. The van der Waals surface area contributed by atoms with E-state index < -0.39 is 0 Å². The first-order valence-corrected chi connectivity index (χ1v) is 6.83. The van der Waals surface area contributed by atoms with Crippen LogP contribution < -0.4 is 5.56 Å². The van der Waals surface area contributed by atoms with Crippen molar-refractivity contribution in [1.82, 2.24) is 9.97 Å². The van der Waals surface area contributed by atoms with E-state index in [-0.39, 0.29) is 5.56 Å². The zero-order valence-electron chi connectivity index (χ0n) is 11.8. The van der Waals surface area contributed by atoms with Crippen molar-refractivity contribution in [1.29, 1.82) is 0 Å². The summed E-state index contributed by atoms with van der Waals surface area (Å²) in [7, 11) is 1.70. The minimum absolute atomic E-state index is 0.112. The van der Waals surface area contributed by atoms with Crippen LogP contribution in [-0.2, 0) is 11.2 Å². The molecular weight excluding hydrogens is 264 g/mol. The molecule has 3 aromatic rings. The highest BCUT2D eigenvalue weighted by Crippen LogP contribution is 2.22. The van der Waals surface area contributed by atoms with Gasteiger partial charge in [-0.05, 0) is 35.2 Å². The first-order chi connectivity index (χ1) is 10.3. The van der Waals surface area contributed by atoms with Gasteiger partial charge in [0.1, 0.15) is 0 Å². The lowest BCUT2D eigenvalue weighted by Crippen LogP contribution is -2.05. The molecular formula is C17H16N2O2. The van der Waals surface area contributed by atoms with Crippen LogP contribution in [-0.4, -0.2) is 23.7 Å². The van der Waals surface area contributed by atoms with Gasteiger partial charge in [0.05, 0.1) is 23.8 Å². The summed E-state index contributed by atoms with van der Waals surface area (Å²) < 4.78 is 5.08. The Balaban J connectivity index is 1.96. The topological polar surface area (TPSA) is 55.0 Å². The van der Waals surface area contributed by atoms with E-state index in [1.54, 1.807) is 7.11 Å². The first-order valence-electron chi connectivity index (χ1n) is 6.83. The highest BCUT2D eigenvalue weighted by atomic mass is 16.5. The third kappa shape index (κ3) is 2.85. The molecule has 0 aliphatic rings. The molecule has 21 heavy (non-hydrogen) atoms. The lowest BCUT2D eigenvalue weighted by Gasteiger charge is -2.05. The van der Waals surface area contributed by atoms with Gasteiger partial charge in [-0.15, -0.1) is 0 Å². The Labute approximate surface area is 122 Å². The monoisotopic (exact) mass is 280 g/mol. The summed E-state index contributed by atoms with van der Waals surface area (Å²) in [5.74, 6) is 0. The molecule has 4 nitrogen and oxygen atoms in total.